The molecule has 0 saturated heterocycles. The van der Waals surface area contributed by atoms with Crippen LogP contribution in [0.3, 0.4) is 0 Å². The lowest BCUT2D eigenvalue weighted by atomic mass is 9.92. The van der Waals surface area contributed by atoms with Gasteiger partial charge in [0.1, 0.15) is 12.4 Å². The van der Waals surface area contributed by atoms with Gasteiger partial charge >= 0.3 is 12.1 Å². The van der Waals surface area contributed by atoms with Crippen LogP contribution < -0.4 is 4.74 Å². The van der Waals surface area contributed by atoms with Crippen molar-refractivity contribution in [3.63, 3.8) is 0 Å². The molecule has 0 fully saturated rings. The Balaban J connectivity index is 2.38. The summed E-state index contributed by atoms with van der Waals surface area (Å²) in [5, 5.41) is 9.00. The topological polar surface area (TPSA) is 46.5 Å². The van der Waals surface area contributed by atoms with Gasteiger partial charge in [0, 0.05) is 10.6 Å². The molecule has 1 aromatic rings. The molecule has 0 amide bonds. The normalized spacial score (nSPS) is 15.9. The summed E-state index contributed by atoms with van der Waals surface area (Å²) in [7, 11) is 0. The van der Waals surface area contributed by atoms with E-state index in [1.165, 1.54) is 12.1 Å². The van der Waals surface area contributed by atoms with Gasteiger partial charge in [0.25, 0.3) is 0 Å². The lowest BCUT2D eigenvalue weighted by molar-refractivity contribution is -0.174. The SMILES string of the molecule is O=C(O)CC(C1=Cc2cc(Cl)ccc2OC1)C(F)(F)F. The van der Waals surface area contributed by atoms with E-state index in [0.29, 0.717) is 16.3 Å². The Bertz CT molecular complexity index is 566. The lowest BCUT2D eigenvalue weighted by Gasteiger charge is -2.25. The van der Waals surface area contributed by atoms with E-state index in [0.717, 1.165) is 0 Å². The first-order valence-corrected chi connectivity index (χ1v) is 6.06. The van der Waals surface area contributed by atoms with Crippen molar-refractivity contribution in [1.29, 1.82) is 0 Å². The average Bonchev–Trinajstić information content (AvgIpc) is 2.33. The number of carboxylic acids is 1. The van der Waals surface area contributed by atoms with Crippen LogP contribution >= 0.6 is 11.6 Å². The second-order valence-electron chi connectivity index (χ2n) is 4.38. The van der Waals surface area contributed by atoms with Gasteiger partial charge in [-0.15, -0.1) is 0 Å². The Morgan fingerprint density at radius 2 is 2.15 bits per heavy atom. The molecule has 1 N–H and O–H groups in total. The van der Waals surface area contributed by atoms with Gasteiger partial charge in [0.15, 0.2) is 0 Å². The lowest BCUT2D eigenvalue weighted by Crippen LogP contribution is -2.30. The number of ether oxygens (including phenoxy) is 1. The van der Waals surface area contributed by atoms with Gasteiger partial charge in [-0.2, -0.15) is 13.2 Å². The molecular formula is C13H10ClF3O3. The molecule has 0 saturated carbocycles. The van der Waals surface area contributed by atoms with E-state index in [1.54, 1.807) is 12.1 Å². The van der Waals surface area contributed by atoms with E-state index in [9.17, 15) is 18.0 Å². The quantitative estimate of drug-likeness (QED) is 0.924. The molecule has 0 spiro atoms. The molecule has 2 rings (SSSR count). The monoisotopic (exact) mass is 306 g/mol. The maximum atomic E-state index is 12.9. The predicted molar refractivity (Wildman–Crippen MR) is 66.7 cm³/mol. The Morgan fingerprint density at radius 3 is 2.75 bits per heavy atom. The average molecular weight is 307 g/mol. The highest BCUT2D eigenvalue weighted by Crippen LogP contribution is 2.39. The first kappa shape index (κ1) is 14.7. The molecule has 7 heteroatoms. The number of alkyl halides is 3. The summed E-state index contributed by atoms with van der Waals surface area (Å²) in [6.07, 6.45) is -4.36. The first-order valence-electron chi connectivity index (χ1n) is 5.68. The molecule has 108 valence electrons. The smallest absolute Gasteiger partial charge is 0.396 e. The van der Waals surface area contributed by atoms with Gasteiger partial charge < -0.3 is 9.84 Å². The zero-order valence-corrected chi connectivity index (χ0v) is 10.8. The molecule has 0 aromatic heterocycles. The third-order valence-electron chi connectivity index (χ3n) is 2.93. The number of fused-ring (bicyclic) bond motifs is 1. The number of benzene rings is 1. The van der Waals surface area contributed by atoms with E-state index in [4.69, 9.17) is 21.4 Å². The van der Waals surface area contributed by atoms with Gasteiger partial charge in [-0.1, -0.05) is 11.6 Å². The summed E-state index contributed by atoms with van der Waals surface area (Å²) < 4.78 is 44.0. The highest BCUT2D eigenvalue weighted by Gasteiger charge is 2.44. The minimum Gasteiger partial charge on any atom is -0.489 e. The number of rotatable bonds is 3. The third kappa shape index (κ3) is 3.25. The van der Waals surface area contributed by atoms with Crippen LogP contribution in [-0.4, -0.2) is 23.9 Å². The van der Waals surface area contributed by atoms with Crippen LogP contribution in [0.4, 0.5) is 13.2 Å². The molecule has 1 aliphatic heterocycles. The molecule has 1 aromatic carbocycles. The highest BCUT2D eigenvalue weighted by atomic mass is 35.5. The molecule has 0 aliphatic carbocycles. The molecule has 3 nitrogen and oxygen atoms in total. The molecule has 1 aliphatic rings. The largest absolute Gasteiger partial charge is 0.489 e. The Labute approximate surface area is 117 Å². The first-order chi connectivity index (χ1) is 9.27. The number of carbonyl (C=O) groups is 1. The van der Waals surface area contributed by atoms with Crippen LogP contribution in [0, 0.1) is 5.92 Å². The number of hydrogen-bond acceptors (Lipinski definition) is 2. The fourth-order valence-electron chi connectivity index (χ4n) is 2.00. The van der Waals surface area contributed by atoms with Crippen LogP contribution in [0.1, 0.15) is 12.0 Å². The van der Waals surface area contributed by atoms with Gasteiger partial charge in [-0.25, -0.2) is 0 Å². The third-order valence-corrected chi connectivity index (χ3v) is 3.16. The molecule has 1 atom stereocenters. The maximum Gasteiger partial charge on any atom is 0.396 e. The molecule has 1 unspecified atom stereocenters. The number of hydrogen-bond donors (Lipinski definition) is 1. The van der Waals surface area contributed by atoms with Crippen LogP contribution in [0.5, 0.6) is 5.75 Å². The molecule has 0 radical (unpaired) electrons. The minimum absolute atomic E-state index is 0.116. The maximum absolute atomic E-state index is 12.9. The van der Waals surface area contributed by atoms with E-state index in [-0.39, 0.29) is 12.2 Å². The van der Waals surface area contributed by atoms with E-state index in [2.05, 4.69) is 0 Å². The van der Waals surface area contributed by atoms with Gasteiger partial charge in [0.2, 0.25) is 0 Å². The summed E-state index contributed by atoms with van der Waals surface area (Å²) in [5.74, 6) is -3.15. The van der Waals surface area contributed by atoms with Crippen molar-refractivity contribution >= 4 is 23.6 Å². The predicted octanol–water partition coefficient (Wildman–Crippen LogP) is 3.77. The molecule has 20 heavy (non-hydrogen) atoms. The summed E-state index contributed by atoms with van der Waals surface area (Å²) in [6.45, 7) is -0.286. The van der Waals surface area contributed by atoms with Crippen molar-refractivity contribution in [2.45, 2.75) is 12.6 Å². The van der Waals surface area contributed by atoms with Gasteiger partial charge in [0.05, 0.1) is 12.3 Å². The van der Waals surface area contributed by atoms with Crippen molar-refractivity contribution in [3.05, 3.63) is 34.4 Å². The summed E-state index contributed by atoms with van der Waals surface area (Å²) in [6, 6.07) is 4.60. The fraction of sp³-hybridized carbons (Fsp3) is 0.308. The van der Waals surface area contributed by atoms with E-state index < -0.39 is 24.5 Å². The van der Waals surface area contributed by atoms with Crippen molar-refractivity contribution in [1.82, 2.24) is 0 Å². The highest BCUT2D eigenvalue weighted by molar-refractivity contribution is 6.30. The number of carboxylic acid groups (broad SMARTS) is 1. The molecule has 0 bridgehead atoms. The Hall–Kier alpha value is -1.69. The zero-order chi connectivity index (χ0) is 14.9. The minimum atomic E-state index is -4.64. The van der Waals surface area contributed by atoms with Crippen LogP contribution in [0.15, 0.2) is 23.8 Å². The zero-order valence-electron chi connectivity index (χ0n) is 10.1. The van der Waals surface area contributed by atoms with Gasteiger partial charge in [-0.3, -0.25) is 4.79 Å². The number of halogens is 4. The van der Waals surface area contributed by atoms with Crippen molar-refractivity contribution in [3.8, 4) is 5.75 Å². The Morgan fingerprint density at radius 1 is 1.45 bits per heavy atom. The van der Waals surface area contributed by atoms with Gasteiger partial charge in [-0.05, 0) is 29.8 Å². The number of aliphatic carboxylic acids is 1. The summed E-state index contributed by atoms with van der Waals surface area (Å²) in [5.41, 5.74) is 0.299. The van der Waals surface area contributed by atoms with E-state index >= 15 is 0 Å². The van der Waals surface area contributed by atoms with Crippen molar-refractivity contribution < 1.29 is 27.8 Å². The van der Waals surface area contributed by atoms with Crippen molar-refractivity contribution in [2.75, 3.05) is 6.61 Å². The standard InChI is InChI=1S/C13H10ClF3O3/c14-9-1-2-11-7(4-9)3-8(6-20-11)10(5-12(18)19)13(15,16)17/h1-4,10H,5-6H2,(H,18,19). The summed E-state index contributed by atoms with van der Waals surface area (Å²) >= 11 is 5.78. The van der Waals surface area contributed by atoms with Crippen molar-refractivity contribution in [2.24, 2.45) is 5.92 Å². The van der Waals surface area contributed by atoms with Crippen LogP contribution in [0.25, 0.3) is 6.08 Å². The van der Waals surface area contributed by atoms with Crippen LogP contribution in [0.2, 0.25) is 5.02 Å². The fourth-order valence-corrected chi connectivity index (χ4v) is 2.18. The second kappa shape index (κ2) is 5.36. The summed E-state index contributed by atoms with van der Waals surface area (Å²) in [4.78, 5) is 10.6. The van der Waals surface area contributed by atoms with E-state index in [1.807, 2.05) is 0 Å². The molecule has 1 heterocycles. The Kier molecular flexibility index (Phi) is 3.94. The molecular weight excluding hydrogens is 297 g/mol. The second-order valence-corrected chi connectivity index (χ2v) is 4.82. The van der Waals surface area contributed by atoms with Crippen LogP contribution in [-0.2, 0) is 4.79 Å².